The van der Waals surface area contributed by atoms with Gasteiger partial charge in [0.15, 0.2) is 0 Å². The van der Waals surface area contributed by atoms with Crippen LogP contribution in [0.15, 0.2) is 24.3 Å². The van der Waals surface area contributed by atoms with Crippen molar-refractivity contribution < 1.29 is 4.39 Å². The molecule has 3 nitrogen and oxygen atoms in total. The molecule has 0 radical (unpaired) electrons. The Kier molecular flexibility index (Phi) is 3.97. The summed E-state index contributed by atoms with van der Waals surface area (Å²) in [7, 11) is 0. The molecule has 94 valence electrons. The molecule has 0 saturated carbocycles. The van der Waals surface area contributed by atoms with Crippen LogP contribution in [0.5, 0.6) is 0 Å². The Labute approximate surface area is 102 Å². The molecule has 1 saturated heterocycles. The smallest absolute Gasteiger partial charge is 0.125 e. The maximum atomic E-state index is 13.1. The summed E-state index contributed by atoms with van der Waals surface area (Å²) in [5, 5.41) is 0. The lowest BCUT2D eigenvalue weighted by Crippen LogP contribution is -2.51. The number of hydrogen-bond acceptors (Lipinski definition) is 3. The normalized spacial score (nSPS) is 19.4. The number of halogens is 1. The molecule has 0 spiro atoms. The Bertz CT molecular complexity index is 361. The van der Waals surface area contributed by atoms with E-state index in [2.05, 4.69) is 16.7 Å². The molecule has 17 heavy (non-hydrogen) atoms. The minimum atomic E-state index is -0.166. The molecule has 1 aromatic rings. The average Bonchev–Trinajstić information content (AvgIpc) is 2.38. The number of nitrogens with zero attached hydrogens (tertiary/aromatic N) is 2. The van der Waals surface area contributed by atoms with Gasteiger partial charge in [0, 0.05) is 44.5 Å². The average molecular weight is 237 g/mol. The van der Waals surface area contributed by atoms with Crippen LogP contribution >= 0.6 is 0 Å². The van der Waals surface area contributed by atoms with E-state index in [1.807, 2.05) is 6.07 Å². The molecular weight excluding hydrogens is 217 g/mol. The van der Waals surface area contributed by atoms with E-state index < -0.39 is 0 Å². The van der Waals surface area contributed by atoms with Crippen LogP contribution < -0.4 is 10.6 Å². The number of nitrogens with two attached hydrogens (primary N) is 1. The Morgan fingerprint density at radius 1 is 1.29 bits per heavy atom. The van der Waals surface area contributed by atoms with Gasteiger partial charge in [0.05, 0.1) is 0 Å². The highest BCUT2D eigenvalue weighted by Crippen LogP contribution is 2.18. The molecule has 1 aliphatic rings. The van der Waals surface area contributed by atoms with Crippen LogP contribution in [0.4, 0.5) is 10.1 Å². The fourth-order valence-electron chi connectivity index (χ4n) is 2.24. The van der Waals surface area contributed by atoms with Crippen molar-refractivity contribution >= 4 is 5.69 Å². The third kappa shape index (κ3) is 2.96. The van der Waals surface area contributed by atoms with E-state index in [-0.39, 0.29) is 5.82 Å². The number of piperazine rings is 1. The summed E-state index contributed by atoms with van der Waals surface area (Å²) >= 11 is 0. The zero-order valence-electron chi connectivity index (χ0n) is 10.3. The third-order valence-corrected chi connectivity index (χ3v) is 3.45. The predicted molar refractivity (Wildman–Crippen MR) is 68.7 cm³/mol. The summed E-state index contributed by atoms with van der Waals surface area (Å²) in [5.41, 5.74) is 6.64. The molecular formula is C13H20FN3. The molecule has 0 amide bonds. The molecule has 2 N–H and O–H groups in total. The molecule has 0 aliphatic carbocycles. The van der Waals surface area contributed by atoms with E-state index in [9.17, 15) is 4.39 Å². The molecule has 1 atom stereocenters. The van der Waals surface area contributed by atoms with Gasteiger partial charge in [0.25, 0.3) is 0 Å². The van der Waals surface area contributed by atoms with Gasteiger partial charge >= 0.3 is 0 Å². The molecule has 1 heterocycles. The van der Waals surface area contributed by atoms with Gasteiger partial charge in [0.2, 0.25) is 0 Å². The molecule has 1 aromatic carbocycles. The van der Waals surface area contributed by atoms with Crippen molar-refractivity contribution in [3.8, 4) is 0 Å². The van der Waals surface area contributed by atoms with Gasteiger partial charge < -0.3 is 10.6 Å². The predicted octanol–water partition coefficient (Wildman–Crippen LogP) is 1.29. The standard InChI is InChI=1S/C13H20FN3/c1-11(10-15)16-5-7-17(8-6-16)13-4-2-3-12(14)9-13/h2-4,9,11H,5-8,10,15H2,1H3. The third-order valence-electron chi connectivity index (χ3n) is 3.45. The highest BCUT2D eigenvalue weighted by atomic mass is 19.1. The van der Waals surface area contributed by atoms with Crippen LogP contribution in [0.1, 0.15) is 6.92 Å². The second kappa shape index (κ2) is 5.47. The first kappa shape index (κ1) is 12.3. The monoisotopic (exact) mass is 237 g/mol. The van der Waals surface area contributed by atoms with E-state index in [0.717, 1.165) is 31.9 Å². The second-order valence-corrected chi connectivity index (χ2v) is 4.59. The highest BCUT2D eigenvalue weighted by molar-refractivity contribution is 5.46. The first-order valence-corrected chi connectivity index (χ1v) is 6.15. The second-order valence-electron chi connectivity index (χ2n) is 4.59. The minimum absolute atomic E-state index is 0.166. The van der Waals surface area contributed by atoms with Crippen LogP contribution in [0.2, 0.25) is 0 Å². The zero-order chi connectivity index (χ0) is 12.3. The van der Waals surface area contributed by atoms with Crippen molar-refractivity contribution in [1.29, 1.82) is 0 Å². The fourth-order valence-corrected chi connectivity index (χ4v) is 2.24. The van der Waals surface area contributed by atoms with Crippen LogP contribution in [0, 0.1) is 5.82 Å². The lowest BCUT2D eigenvalue weighted by molar-refractivity contribution is 0.201. The topological polar surface area (TPSA) is 32.5 Å². The van der Waals surface area contributed by atoms with Crippen LogP contribution in [-0.2, 0) is 0 Å². The van der Waals surface area contributed by atoms with E-state index in [1.165, 1.54) is 6.07 Å². The SMILES string of the molecule is CC(CN)N1CCN(c2cccc(F)c2)CC1. The highest BCUT2D eigenvalue weighted by Gasteiger charge is 2.20. The number of benzene rings is 1. The molecule has 1 aliphatic heterocycles. The molecule has 4 heteroatoms. The molecule has 1 fully saturated rings. The lowest BCUT2D eigenvalue weighted by Gasteiger charge is -2.38. The molecule has 0 bridgehead atoms. The Balaban J connectivity index is 1.95. The molecule has 2 rings (SSSR count). The van der Waals surface area contributed by atoms with E-state index in [0.29, 0.717) is 12.6 Å². The quantitative estimate of drug-likeness (QED) is 0.860. The van der Waals surface area contributed by atoms with Crippen LogP contribution in [0.3, 0.4) is 0 Å². The summed E-state index contributed by atoms with van der Waals surface area (Å²) < 4.78 is 13.1. The van der Waals surface area contributed by atoms with Gasteiger partial charge in [-0.3, -0.25) is 4.90 Å². The number of rotatable bonds is 3. The van der Waals surface area contributed by atoms with Gasteiger partial charge in [-0.25, -0.2) is 4.39 Å². The van der Waals surface area contributed by atoms with E-state index in [4.69, 9.17) is 5.73 Å². The summed E-state index contributed by atoms with van der Waals surface area (Å²) in [6.07, 6.45) is 0. The Morgan fingerprint density at radius 2 is 2.00 bits per heavy atom. The summed E-state index contributed by atoms with van der Waals surface area (Å²) in [6, 6.07) is 7.24. The molecule has 1 unspecified atom stereocenters. The number of anilines is 1. The van der Waals surface area contributed by atoms with Crippen molar-refractivity contribution in [2.45, 2.75) is 13.0 Å². The summed E-state index contributed by atoms with van der Waals surface area (Å²) in [4.78, 5) is 4.61. The van der Waals surface area contributed by atoms with Gasteiger partial charge in [0.1, 0.15) is 5.82 Å². The maximum absolute atomic E-state index is 13.1. The largest absolute Gasteiger partial charge is 0.369 e. The minimum Gasteiger partial charge on any atom is -0.369 e. The van der Waals surface area contributed by atoms with Crippen molar-refractivity contribution in [3.63, 3.8) is 0 Å². The molecule has 0 aromatic heterocycles. The van der Waals surface area contributed by atoms with Gasteiger partial charge in [-0.05, 0) is 25.1 Å². The van der Waals surface area contributed by atoms with Crippen LogP contribution in [-0.4, -0.2) is 43.7 Å². The maximum Gasteiger partial charge on any atom is 0.125 e. The van der Waals surface area contributed by atoms with Crippen LogP contribution in [0.25, 0.3) is 0 Å². The first-order chi connectivity index (χ1) is 8.20. The van der Waals surface area contributed by atoms with E-state index >= 15 is 0 Å². The lowest BCUT2D eigenvalue weighted by atomic mass is 10.2. The van der Waals surface area contributed by atoms with Gasteiger partial charge in [-0.15, -0.1) is 0 Å². The van der Waals surface area contributed by atoms with Crippen molar-refractivity contribution in [2.75, 3.05) is 37.6 Å². The zero-order valence-corrected chi connectivity index (χ0v) is 10.3. The van der Waals surface area contributed by atoms with E-state index in [1.54, 1.807) is 12.1 Å². The van der Waals surface area contributed by atoms with Gasteiger partial charge in [-0.1, -0.05) is 6.07 Å². The fraction of sp³-hybridized carbons (Fsp3) is 0.538. The summed E-state index contributed by atoms with van der Waals surface area (Å²) in [6.45, 7) is 6.71. The van der Waals surface area contributed by atoms with Crippen molar-refractivity contribution in [2.24, 2.45) is 5.73 Å². The first-order valence-electron chi connectivity index (χ1n) is 6.15. The Hall–Kier alpha value is -1.13. The van der Waals surface area contributed by atoms with Crippen molar-refractivity contribution in [3.05, 3.63) is 30.1 Å². The van der Waals surface area contributed by atoms with Crippen molar-refractivity contribution in [1.82, 2.24) is 4.90 Å². The number of hydrogen-bond donors (Lipinski definition) is 1. The Morgan fingerprint density at radius 3 is 2.59 bits per heavy atom. The summed E-state index contributed by atoms with van der Waals surface area (Å²) in [5.74, 6) is -0.166. The van der Waals surface area contributed by atoms with Gasteiger partial charge in [-0.2, -0.15) is 0 Å².